The van der Waals surface area contributed by atoms with Gasteiger partial charge in [-0.05, 0) is 19.0 Å². The normalized spacial score (nSPS) is 19.6. The lowest BCUT2D eigenvalue weighted by Gasteiger charge is -2.12. The summed E-state index contributed by atoms with van der Waals surface area (Å²) < 4.78 is 5.44. The van der Waals surface area contributed by atoms with Crippen molar-refractivity contribution < 1.29 is 4.42 Å². The second-order valence-corrected chi connectivity index (χ2v) is 3.86. The molecule has 1 aliphatic heterocycles. The molecule has 5 heteroatoms. The molecule has 0 aliphatic carbocycles. The van der Waals surface area contributed by atoms with Gasteiger partial charge in [0.05, 0.1) is 18.1 Å². The molecule has 3 rings (SSSR count). The number of pyridine rings is 1. The Morgan fingerprint density at radius 3 is 3.19 bits per heavy atom. The molecule has 16 heavy (non-hydrogen) atoms. The molecule has 0 aromatic carbocycles. The molecule has 2 aromatic rings. The summed E-state index contributed by atoms with van der Waals surface area (Å²) in [4.78, 5) is 4.18. The zero-order chi connectivity index (χ0) is 10.1. The third-order valence-electron chi connectivity index (χ3n) is 2.78. The van der Waals surface area contributed by atoms with Crippen LogP contribution in [-0.4, -0.2) is 24.1 Å². The number of rotatable bonds is 2. The summed E-state index contributed by atoms with van der Waals surface area (Å²) >= 11 is 0. The molecule has 1 aliphatic rings. The van der Waals surface area contributed by atoms with E-state index in [-0.39, 0.29) is 12.4 Å². The highest BCUT2D eigenvalue weighted by Gasteiger charge is 2.15. The minimum Gasteiger partial charge on any atom is -0.462 e. The Kier molecular flexibility index (Phi) is 3.31. The van der Waals surface area contributed by atoms with Crippen LogP contribution in [0.25, 0.3) is 11.0 Å². The molecule has 4 nitrogen and oxygen atoms in total. The molecular formula is C11H14ClN3O. The van der Waals surface area contributed by atoms with Crippen LogP contribution in [0.3, 0.4) is 0 Å². The Balaban J connectivity index is 0.000000963. The fourth-order valence-electron chi connectivity index (χ4n) is 1.99. The predicted octanol–water partition coefficient (Wildman–Crippen LogP) is 2.02. The van der Waals surface area contributed by atoms with Crippen molar-refractivity contribution in [3.05, 3.63) is 24.7 Å². The third kappa shape index (κ3) is 1.99. The van der Waals surface area contributed by atoms with Crippen LogP contribution < -0.4 is 10.6 Å². The van der Waals surface area contributed by atoms with Crippen molar-refractivity contribution in [1.82, 2.24) is 10.3 Å². The highest BCUT2D eigenvalue weighted by atomic mass is 35.5. The summed E-state index contributed by atoms with van der Waals surface area (Å²) in [5.74, 6) is 0. The van der Waals surface area contributed by atoms with Crippen molar-refractivity contribution in [3.63, 3.8) is 0 Å². The van der Waals surface area contributed by atoms with Gasteiger partial charge in [-0.1, -0.05) is 0 Å². The van der Waals surface area contributed by atoms with Crippen LogP contribution >= 0.6 is 12.4 Å². The third-order valence-corrected chi connectivity index (χ3v) is 2.78. The highest BCUT2D eigenvalue weighted by Crippen LogP contribution is 2.23. The largest absolute Gasteiger partial charge is 0.462 e. The second-order valence-electron chi connectivity index (χ2n) is 3.86. The average molecular weight is 240 g/mol. The quantitative estimate of drug-likeness (QED) is 0.842. The average Bonchev–Trinajstić information content (AvgIpc) is 2.87. The molecule has 2 N–H and O–H groups in total. The molecule has 0 unspecified atom stereocenters. The van der Waals surface area contributed by atoms with Crippen molar-refractivity contribution in [1.29, 1.82) is 0 Å². The first kappa shape index (κ1) is 11.2. The summed E-state index contributed by atoms with van der Waals surface area (Å²) in [7, 11) is 0. The van der Waals surface area contributed by atoms with Gasteiger partial charge in [-0.2, -0.15) is 0 Å². The lowest BCUT2D eigenvalue weighted by atomic mass is 10.2. The molecule has 0 spiro atoms. The number of nitrogens with one attached hydrogen (secondary N) is 2. The van der Waals surface area contributed by atoms with Crippen LogP contribution in [0.1, 0.15) is 6.42 Å². The standard InChI is InChI=1S/C11H13N3O.ClH/c1-3-12-6-9(1)14-10-7-13-5-8-2-4-15-11(8)10;/h2,4-5,7,9,12,14H,1,3,6H2;1H/t9-;/m0./s1. The Morgan fingerprint density at radius 2 is 2.38 bits per heavy atom. The van der Waals surface area contributed by atoms with E-state index in [1.165, 1.54) is 0 Å². The Bertz CT molecular complexity index is 465. The van der Waals surface area contributed by atoms with E-state index >= 15 is 0 Å². The van der Waals surface area contributed by atoms with Gasteiger partial charge >= 0.3 is 0 Å². The predicted molar refractivity (Wildman–Crippen MR) is 66.2 cm³/mol. The summed E-state index contributed by atoms with van der Waals surface area (Å²) in [5.41, 5.74) is 1.89. The van der Waals surface area contributed by atoms with E-state index in [1.807, 2.05) is 18.5 Å². The topological polar surface area (TPSA) is 50.1 Å². The maximum atomic E-state index is 5.44. The summed E-state index contributed by atoms with van der Waals surface area (Å²) in [6.07, 6.45) is 6.49. The van der Waals surface area contributed by atoms with Gasteiger partial charge in [0, 0.05) is 24.2 Å². The molecule has 2 aromatic heterocycles. The van der Waals surface area contributed by atoms with Gasteiger partial charge in [0.1, 0.15) is 0 Å². The molecule has 0 bridgehead atoms. The van der Waals surface area contributed by atoms with Crippen LogP contribution in [0.15, 0.2) is 29.1 Å². The van der Waals surface area contributed by atoms with Crippen LogP contribution in [0.5, 0.6) is 0 Å². The van der Waals surface area contributed by atoms with E-state index in [0.717, 1.165) is 36.2 Å². The number of fused-ring (bicyclic) bond motifs is 1. The first-order valence-corrected chi connectivity index (χ1v) is 5.22. The SMILES string of the molecule is Cl.c1cc2cncc(N[C@H]3CCNC3)c2o1. The number of furan rings is 1. The number of halogens is 1. The highest BCUT2D eigenvalue weighted by molar-refractivity contribution is 5.87. The first-order valence-electron chi connectivity index (χ1n) is 5.22. The monoisotopic (exact) mass is 239 g/mol. The van der Waals surface area contributed by atoms with Crippen molar-refractivity contribution in [2.75, 3.05) is 18.4 Å². The fourth-order valence-corrected chi connectivity index (χ4v) is 1.99. The fraction of sp³-hybridized carbons (Fsp3) is 0.364. The summed E-state index contributed by atoms with van der Waals surface area (Å²) in [6.45, 7) is 2.09. The number of hydrogen-bond acceptors (Lipinski definition) is 4. The molecule has 1 saturated heterocycles. The molecule has 86 valence electrons. The zero-order valence-electron chi connectivity index (χ0n) is 8.77. The van der Waals surface area contributed by atoms with E-state index in [2.05, 4.69) is 15.6 Å². The number of hydrogen-bond donors (Lipinski definition) is 2. The van der Waals surface area contributed by atoms with E-state index in [9.17, 15) is 0 Å². The minimum atomic E-state index is 0. The van der Waals surface area contributed by atoms with E-state index in [4.69, 9.17) is 4.42 Å². The van der Waals surface area contributed by atoms with Crippen molar-refractivity contribution >= 4 is 29.1 Å². The van der Waals surface area contributed by atoms with E-state index < -0.39 is 0 Å². The van der Waals surface area contributed by atoms with Crippen molar-refractivity contribution in [2.24, 2.45) is 0 Å². The number of aromatic nitrogens is 1. The maximum Gasteiger partial charge on any atom is 0.160 e. The summed E-state index contributed by atoms with van der Waals surface area (Å²) in [5, 5.41) is 7.82. The Morgan fingerprint density at radius 1 is 1.44 bits per heavy atom. The Hall–Kier alpha value is -1.26. The van der Waals surface area contributed by atoms with Crippen LogP contribution in [-0.2, 0) is 0 Å². The molecule has 0 saturated carbocycles. The second kappa shape index (κ2) is 4.72. The van der Waals surface area contributed by atoms with E-state index in [0.29, 0.717) is 6.04 Å². The van der Waals surface area contributed by atoms with Gasteiger partial charge in [0.2, 0.25) is 0 Å². The van der Waals surface area contributed by atoms with Crippen molar-refractivity contribution in [2.45, 2.75) is 12.5 Å². The van der Waals surface area contributed by atoms with Crippen LogP contribution in [0, 0.1) is 0 Å². The lowest BCUT2D eigenvalue weighted by Crippen LogP contribution is -2.22. The zero-order valence-corrected chi connectivity index (χ0v) is 9.59. The number of nitrogens with zero attached hydrogens (tertiary/aromatic N) is 1. The Labute approximate surface area is 99.8 Å². The van der Waals surface area contributed by atoms with Gasteiger partial charge in [-0.15, -0.1) is 12.4 Å². The van der Waals surface area contributed by atoms with Gasteiger partial charge in [0.25, 0.3) is 0 Å². The summed E-state index contributed by atoms with van der Waals surface area (Å²) in [6, 6.07) is 2.42. The molecule has 0 radical (unpaired) electrons. The van der Waals surface area contributed by atoms with Crippen LogP contribution in [0.2, 0.25) is 0 Å². The van der Waals surface area contributed by atoms with Gasteiger partial charge < -0.3 is 15.1 Å². The maximum absolute atomic E-state index is 5.44. The van der Waals surface area contributed by atoms with Crippen molar-refractivity contribution in [3.8, 4) is 0 Å². The number of anilines is 1. The smallest absolute Gasteiger partial charge is 0.160 e. The molecule has 0 amide bonds. The molecule has 3 heterocycles. The lowest BCUT2D eigenvalue weighted by molar-refractivity contribution is 0.615. The van der Waals surface area contributed by atoms with Gasteiger partial charge in [0.15, 0.2) is 5.58 Å². The molecule has 1 atom stereocenters. The molecular weight excluding hydrogens is 226 g/mol. The van der Waals surface area contributed by atoms with E-state index in [1.54, 1.807) is 6.26 Å². The van der Waals surface area contributed by atoms with Gasteiger partial charge in [-0.25, -0.2) is 0 Å². The minimum absolute atomic E-state index is 0. The molecule has 1 fully saturated rings. The van der Waals surface area contributed by atoms with Crippen LogP contribution in [0.4, 0.5) is 5.69 Å². The first-order chi connectivity index (χ1) is 7.43. The van der Waals surface area contributed by atoms with Gasteiger partial charge in [-0.3, -0.25) is 4.98 Å².